The van der Waals surface area contributed by atoms with Crippen LogP contribution < -0.4 is 5.32 Å². The quantitative estimate of drug-likeness (QED) is 0.421. The van der Waals surface area contributed by atoms with Crippen molar-refractivity contribution >= 4 is 9.84 Å². The molecule has 0 unspecified atom stereocenters. The summed E-state index contributed by atoms with van der Waals surface area (Å²) in [6.45, 7) is 3.83. The lowest BCUT2D eigenvalue weighted by Gasteiger charge is -2.08. The monoisotopic (exact) mass is 465 g/mol. The zero-order valence-corrected chi connectivity index (χ0v) is 19.2. The molecule has 0 aliphatic rings. The molecule has 0 saturated carbocycles. The van der Waals surface area contributed by atoms with E-state index in [-0.39, 0.29) is 22.4 Å². The summed E-state index contributed by atoms with van der Waals surface area (Å²) in [5, 5.41) is 20.8. The molecule has 0 amide bonds. The van der Waals surface area contributed by atoms with Gasteiger partial charge in [0.25, 0.3) is 5.89 Å². The number of sulfone groups is 1. The van der Waals surface area contributed by atoms with Gasteiger partial charge in [-0.3, -0.25) is 4.98 Å². The standard InChI is InChI=1S/C23H23N5O4S/c1-14(2)33(30,31)18-8-6-15(7-9-18)19-12-25-13-20(26-19)23-28-27-22(32-23)16-4-5-17(11-24-3)21(29)10-16/h4-10,12-14,24,29H,11H2,1-3H3. The smallest absolute Gasteiger partial charge is 0.268 e. The molecule has 4 aromatic rings. The normalized spacial score (nSPS) is 11.8. The number of phenols is 1. The van der Waals surface area contributed by atoms with Gasteiger partial charge in [0.2, 0.25) is 5.89 Å². The Morgan fingerprint density at radius 2 is 1.64 bits per heavy atom. The molecule has 9 nitrogen and oxygen atoms in total. The lowest BCUT2D eigenvalue weighted by molar-refractivity contribution is 0.466. The van der Waals surface area contributed by atoms with Gasteiger partial charge in [0.05, 0.1) is 28.2 Å². The third-order valence-electron chi connectivity index (χ3n) is 5.08. The largest absolute Gasteiger partial charge is 0.508 e. The Hall–Kier alpha value is -3.63. The third kappa shape index (κ3) is 4.62. The maximum absolute atomic E-state index is 12.3. The molecule has 0 spiro atoms. The fourth-order valence-electron chi connectivity index (χ4n) is 3.18. The number of hydrogen-bond donors (Lipinski definition) is 2. The summed E-state index contributed by atoms with van der Waals surface area (Å²) in [7, 11) is -1.55. The van der Waals surface area contributed by atoms with Crippen LogP contribution in [0.1, 0.15) is 19.4 Å². The Kier molecular flexibility index (Phi) is 6.21. The van der Waals surface area contributed by atoms with Gasteiger partial charge in [-0.2, -0.15) is 0 Å². The molecule has 2 aromatic heterocycles. The minimum absolute atomic E-state index is 0.131. The van der Waals surface area contributed by atoms with E-state index in [2.05, 4.69) is 25.5 Å². The average molecular weight is 466 g/mol. The van der Waals surface area contributed by atoms with Gasteiger partial charge in [-0.05, 0) is 45.2 Å². The second kappa shape index (κ2) is 9.08. The summed E-state index contributed by atoms with van der Waals surface area (Å²) < 4.78 is 30.4. The van der Waals surface area contributed by atoms with E-state index in [0.717, 1.165) is 5.56 Å². The lowest BCUT2D eigenvalue weighted by Crippen LogP contribution is -2.13. The highest BCUT2D eigenvalue weighted by Crippen LogP contribution is 2.28. The highest BCUT2D eigenvalue weighted by molar-refractivity contribution is 7.92. The molecule has 4 rings (SSSR count). The maximum Gasteiger partial charge on any atom is 0.268 e. The molecule has 0 bridgehead atoms. The van der Waals surface area contributed by atoms with Crippen molar-refractivity contribution in [1.82, 2.24) is 25.5 Å². The van der Waals surface area contributed by atoms with Crippen molar-refractivity contribution in [1.29, 1.82) is 0 Å². The van der Waals surface area contributed by atoms with E-state index in [1.807, 2.05) is 0 Å². The van der Waals surface area contributed by atoms with E-state index in [4.69, 9.17) is 4.42 Å². The SMILES string of the molecule is CNCc1ccc(-c2nnc(-c3cncc(-c4ccc(S(=O)(=O)C(C)C)cc4)n3)o2)cc1O. The number of hydrogen-bond acceptors (Lipinski definition) is 9. The van der Waals surface area contributed by atoms with Crippen LogP contribution in [0.3, 0.4) is 0 Å². The Morgan fingerprint density at radius 1 is 0.970 bits per heavy atom. The summed E-state index contributed by atoms with van der Waals surface area (Å²) in [5.74, 6) is 0.551. The average Bonchev–Trinajstić information content (AvgIpc) is 3.31. The van der Waals surface area contributed by atoms with Gasteiger partial charge >= 0.3 is 0 Å². The van der Waals surface area contributed by atoms with Gasteiger partial charge in [0, 0.05) is 23.2 Å². The number of aromatic hydroxyl groups is 1. The van der Waals surface area contributed by atoms with E-state index < -0.39 is 15.1 Å². The van der Waals surface area contributed by atoms with Crippen LogP contribution in [0.15, 0.2) is 64.2 Å². The number of benzene rings is 2. The third-order valence-corrected chi connectivity index (χ3v) is 7.25. The first-order chi connectivity index (χ1) is 15.8. The molecule has 0 atom stereocenters. The minimum atomic E-state index is -3.35. The van der Waals surface area contributed by atoms with Crippen LogP contribution in [-0.2, 0) is 16.4 Å². The molecule has 2 aromatic carbocycles. The molecule has 2 N–H and O–H groups in total. The summed E-state index contributed by atoms with van der Waals surface area (Å²) in [5.41, 5.74) is 2.96. The molecule has 170 valence electrons. The highest BCUT2D eigenvalue weighted by atomic mass is 32.2. The number of aromatic nitrogens is 4. The Bertz CT molecular complexity index is 1380. The van der Waals surface area contributed by atoms with E-state index in [1.54, 1.807) is 69.6 Å². The van der Waals surface area contributed by atoms with E-state index in [9.17, 15) is 13.5 Å². The Morgan fingerprint density at radius 3 is 2.30 bits per heavy atom. The zero-order valence-electron chi connectivity index (χ0n) is 18.3. The van der Waals surface area contributed by atoms with Crippen molar-refractivity contribution in [2.75, 3.05) is 7.05 Å². The zero-order chi connectivity index (χ0) is 23.6. The predicted octanol–water partition coefficient (Wildman–Crippen LogP) is 3.47. The van der Waals surface area contributed by atoms with Crippen LogP contribution in [0.5, 0.6) is 5.75 Å². The van der Waals surface area contributed by atoms with Crippen LogP contribution in [0, 0.1) is 0 Å². The van der Waals surface area contributed by atoms with Crippen molar-refractivity contribution in [2.45, 2.75) is 30.5 Å². The van der Waals surface area contributed by atoms with E-state index in [0.29, 0.717) is 29.1 Å². The first kappa shape index (κ1) is 22.6. The summed E-state index contributed by atoms with van der Waals surface area (Å²) >= 11 is 0. The molecule has 0 aliphatic carbocycles. The van der Waals surface area contributed by atoms with Gasteiger partial charge in [-0.15, -0.1) is 10.2 Å². The maximum atomic E-state index is 12.3. The van der Waals surface area contributed by atoms with Crippen molar-refractivity contribution in [3.63, 3.8) is 0 Å². The summed E-state index contributed by atoms with van der Waals surface area (Å²) in [6, 6.07) is 11.7. The van der Waals surface area contributed by atoms with Gasteiger partial charge < -0.3 is 14.8 Å². The highest BCUT2D eigenvalue weighted by Gasteiger charge is 2.19. The predicted molar refractivity (Wildman–Crippen MR) is 123 cm³/mol. The van der Waals surface area contributed by atoms with Crippen molar-refractivity contribution < 1.29 is 17.9 Å². The number of rotatable bonds is 7. The molecular formula is C23H23N5O4S. The second-order valence-electron chi connectivity index (χ2n) is 7.69. The van der Waals surface area contributed by atoms with Gasteiger partial charge in [0.15, 0.2) is 9.84 Å². The van der Waals surface area contributed by atoms with Crippen LogP contribution >= 0.6 is 0 Å². The van der Waals surface area contributed by atoms with Gasteiger partial charge in [-0.25, -0.2) is 13.4 Å². The van der Waals surface area contributed by atoms with Crippen LogP contribution in [0.25, 0.3) is 34.3 Å². The Balaban J connectivity index is 1.60. The van der Waals surface area contributed by atoms with Crippen LogP contribution in [-0.4, -0.2) is 46.0 Å². The number of nitrogens with one attached hydrogen (secondary N) is 1. The van der Waals surface area contributed by atoms with Crippen molar-refractivity contribution in [2.24, 2.45) is 0 Å². The first-order valence-corrected chi connectivity index (χ1v) is 11.8. The van der Waals surface area contributed by atoms with E-state index in [1.165, 1.54) is 6.20 Å². The lowest BCUT2D eigenvalue weighted by atomic mass is 10.1. The van der Waals surface area contributed by atoms with Gasteiger partial charge in [0.1, 0.15) is 11.4 Å². The van der Waals surface area contributed by atoms with Gasteiger partial charge in [-0.1, -0.05) is 18.2 Å². The topological polar surface area (TPSA) is 131 Å². The summed E-state index contributed by atoms with van der Waals surface area (Å²) in [6.07, 6.45) is 3.08. The molecule has 10 heteroatoms. The molecule has 0 saturated heterocycles. The van der Waals surface area contributed by atoms with Crippen LogP contribution in [0.2, 0.25) is 0 Å². The van der Waals surface area contributed by atoms with Crippen molar-refractivity contribution in [3.8, 4) is 40.0 Å². The molecule has 2 heterocycles. The Labute approximate surface area is 191 Å². The molecule has 0 aliphatic heterocycles. The fraction of sp³-hybridized carbons (Fsp3) is 0.217. The minimum Gasteiger partial charge on any atom is -0.508 e. The first-order valence-electron chi connectivity index (χ1n) is 10.3. The second-order valence-corrected chi connectivity index (χ2v) is 10.2. The van der Waals surface area contributed by atoms with E-state index >= 15 is 0 Å². The molecular weight excluding hydrogens is 442 g/mol. The van der Waals surface area contributed by atoms with Crippen molar-refractivity contribution in [3.05, 3.63) is 60.4 Å². The molecule has 0 fully saturated rings. The van der Waals surface area contributed by atoms with Crippen LogP contribution in [0.4, 0.5) is 0 Å². The fourth-order valence-corrected chi connectivity index (χ4v) is 4.24. The number of phenolic OH excluding ortho intramolecular Hbond substituents is 1. The molecule has 0 radical (unpaired) electrons. The number of nitrogens with zero attached hydrogens (tertiary/aromatic N) is 4. The molecule has 33 heavy (non-hydrogen) atoms. The summed E-state index contributed by atoms with van der Waals surface area (Å²) in [4.78, 5) is 9.01.